The van der Waals surface area contributed by atoms with Crippen LogP contribution in [0, 0.1) is 0 Å². The molecular formula is C15H19N5O2S. The lowest BCUT2D eigenvalue weighted by molar-refractivity contribution is 0.424. The molecule has 0 amide bonds. The molecule has 2 aromatic rings. The Morgan fingerprint density at radius 1 is 1.13 bits per heavy atom. The van der Waals surface area contributed by atoms with Gasteiger partial charge in [0.25, 0.3) is 10.0 Å². The molecule has 3 heterocycles. The van der Waals surface area contributed by atoms with Crippen molar-refractivity contribution in [3.63, 3.8) is 0 Å². The zero-order chi connectivity index (χ0) is 16.0. The number of fused-ring (bicyclic) bond motifs is 1. The van der Waals surface area contributed by atoms with Gasteiger partial charge in [0, 0.05) is 44.4 Å². The van der Waals surface area contributed by atoms with Crippen LogP contribution in [0.4, 0.5) is 0 Å². The van der Waals surface area contributed by atoms with E-state index in [0.717, 1.165) is 17.0 Å². The Morgan fingerprint density at radius 2 is 1.91 bits per heavy atom. The average molecular weight is 333 g/mol. The smallest absolute Gasteiger partial charge is 0.262 e. The van der Waals surface area contributed by atoms with Gasteiger partial charge in [0.2, 0.25) is 0 Å². The first-order valence-electron chi connectivity index (χ1n) is 7.86. The van der Waals surface area contributed by atoms with E-state index in [1.54, 1.807) is 24.1 Å². The molecule has 0 saturated heterocycles. The van der Waals surface area contributed by atoms with E-state index in [9.17, 15) is 8.42 Å². The molecule has 2 aliphatic rings. The maximum atomic E-state index is 12.7. The first-order chi connectivity index (χ1) is 11.1. The third kappa shape index (κ3) is 2.66. The number of aromatic nitrogens is 4. The molecule has 0 aromatic carbocycles. The highest BCUT2D eigenvalue weighted by Gasteiger charge is 2.33. The first kappa shape index (κ1) is 14.8. The summed E-state index contributed by atoms with van der Waals surface area (Å²) in [6.45, 7) is 0.895. The summed E-state index contributed by atoms with van der Waals surface area (Å²) in [4.78, 5) is 12.8. The zero-order valence-corrected chi connectivity index (χ0v) is 13.8. The first-order valence-corrected chi connectivity index (χ1v) is 9.30. The van der Waals surface area contributed by atoms with Crippen molar-refractivity contribution < 1.29 is 8.42 Å². The van der Waals surface area contributed by atoms with Crippen molar-refractivity contribution in [3.05, 3.63) is 35.8 Å². The van der Waals surface area contributed by atoms with Crippen molar-refractivity contribution in [2.75, 3.05) is 13.1 Å². The van der Waals surface area contributed by atoms with Crippen LogP contribution in [0.15, 0.2) is 23.9 Å². The Hall–Kier alpha value is -1.80. The number of rotatable bonds is 3. The molecule has 0 bridgehead atoms. The van der Waals surface area contributed by atoms with Crippen molar-refractivity contribution in [1.82, 2.24) is 23.8 Å². The Kier molecular flexibility index (Phi) is 3.46. The summed E-state index contributed by atoms with van der Waals surface area (Å²) in [5, 5.41) is 0.111. The van der Waals surface area contributed by atoms with Gasteiger partial charge >= 0.3 is 0 Å². The molecule has 23 heavy (non-hydrogen) atoms. The van der Waals surface area contributed by atoms with E-state index in [2.05, 4.69) is 15.0 Å². The van der Waals surface area contributed by atoms with Gasteiger partial charge in [-0.25, -0.2) is 23.4 Å². The lowest BCUT2D eigenvalue weighted by Crippen LogP contribution is -2.33. The van der Waals surface area contributed by atoms with Gasteiger partial charge in [0.1, 0.15) is 6.33 Å². The van der Waals surface area contributed by atoms with E-state index in [4.69, 9.17) is 0 Å². The van der Waals surface area contributed by atoms with Gasteiger partial charge in [-0.15, -0.1) is 0 Å². The molecule has 1 aliphatic heterocycles. The summed E-state index contributed by atoms with van der Waals surface area (Å²) < 4.78 is 28.7. The van der Waals surface area contributed by atoms with Crippen LogP contribution in [0.3, 0.4) is 0 Å². The second kappa shape index (κ2) is 5.38. The normalized spacial score (nSPS) is 19.3. The summed E-state index contributed by atoms with van der Waals surface area (Å²) >= 11 is 0. The average Bonchev–Trinajstić information content (AvgIpc) is 3.31. The minimum Gasteiger partial charge on any atom is -0.339 e. The molecule has 122 valence electrons. The summed E-state index contributed by atoms with van der Waals surface area (Å²) in [7, 11) is -1.78. The quantitative estimate of drug-likeness (QED) is 0.833. The minimum atomic E-state index is -3.55. The van der Waals surface area contributed by atoms with E-state index in [-0.39, 0.29) is 5.03 Å². The molecule has 0 unspecified atom stereocenters. The Balaban J connectivity index is 1.62. The molecule has 0 spiro atoms. The highest BCUT2D eigenvalue weighted by Crippen LogP contribution is 2.41. The van der Waals surface area contributed by atoms with Crippen molar-refractivity contribution in [2.24, 2.45) is 7.05 Å². The van der Waals surface area contributed by atoms with Gasteiger partial charge in [-0.3, -0.25) is 0 Å². The third-order valence-corrected chi connectivity index (χ3v) is 6.31. The number of aryl methyl sites for hydroxylation is 1. The van der Waals surface area contributed by atoms with Gasteiger partial charge in [-0.1, -0.05) is 0 Å². The van der Waals surface area contributed by atoms with E-state index < -0.39 is 10.0 Å². The molecule has 1 aliphatic carbocycles. The molecule has 0 radical (unpaired) electrons. The van der Waals surface area contributed by atoms with Crippen molar-refractivity contribution in [2.45, 2.75) is 36.6 Å². The fourth-order valence-electron chi connectivity index (χ4n) is 3.13. The van der Waals surface area contributed by atoms with Gasteiger partial charge in [-0.05, 0) is 24.8 Å². The second-order valence-electron chi connectivity index (χ2n) is 6.24. The third-order valence-electron chi connectivity index (χ3n) is 4.53. The van der Waals surface area contributed by atoms with Gasteiger partial charge in [0.05, 0.1) is 12.0 Å². The Morgan fingerprint density at radius 3 is 2.61 bits per heavy atom. The van der Waals surface area contributed by atoms with E-state index >= 15 is 0 Å². The highest BCUT2D eigenvalue weighted by molar-refractivity contribution is 7.89. The second-order valence-corrected chi connectivity index (χ2v) is 8.12. The topological polar surface area (TPSA) is 81.0 Å². The van der Waals surface area contributed by atoms with Crippen LogP contribution in [0.5, 0.6) is 0 Å². The van der Waals surface area contributed by atoms with Crippen LogP contribution in [-0.2, 0) is 29.9 Å². The van der Waals surface area contributed by atoms with E-state index in [1.165, 1.54) is 23.5 Å². The number of sulfonamides is 1. The maximum Gasteiger partial charge on any atom is 0.262 e. The predicted octanol–water partition coefficient (Wildman–Crippen LogP) is 0.877. The molecule has 1 fully saturated rings. The molecule has 0 atom stereocenters. The van der Waals surface area contributed by atoms with Crippen LogP contribution in [0.2, 0.25) is 0 Å². The number of hydrogen-bond donors (Lipinski definition) is 0. The van der Waals surface area contributed by atoms with Crippen LogP contribution < -0.4 is 0 Å². The van der Waals surface area contributed by atoms with Crippen LogP contribution in [-0.4, -0.2) is 45.3 Å². The number of nitrogens with zero attached hydrogens (tertiary/aromatic N) is 5. The lowest BCUT2D eigenvalue weighted by atomic mass is 10.0. The molecular weight excluding hydrogens is 314 g/mol. The molecule has 8 heteroatoms. The van der Waals surface area contributed by atoms with E-state index in [1.807, 2.05) is 0 Å². The SMILES string of the molecule is Cn1cnc(S(=O)(=O)N2CCc3ncnc(C4CC4)c3CC2)c1. The number of hydrogen-bond acceptors (Lipinski definition) is 5. The van der Waals surface area contributed by atoms with Gasteiger partial charge in [-0.2, -0.15) is 4.31 Å². The molecule has 2 aromatic heterocycles. The zero-order valence-electron chi connectivity index (χ0n) is 13.0. The Labute approximate surface area is 135 Å². The number of imidazole rings is 1. The monoisotopic (exact) mass is 333 g/mol. The van der Waals surface area contributed by atoms with Crippen LogP contribution in [0.25, 0.3) is 0 Å². The predicted molar refractivity (Wildman–Crippen MR) is 83.4 cm³/mol. The van der Waals surface area contributed by atoms with Crippen LogP contribution in [0.1, 0.15) is 35.7 Å². The van der Waals surface area contributed by atoms with Crippen molar-refractivity contribution in [1.29, 1.82) is 0 Å². The summed E-state index contributed by atoms with van der Waals surface area (Å²) in [5.41, 5.74) is 3.29. The highest BCUT2D eigenvalue weighted by atomic mass is 32.2. The summed E-state index contributed by atoms with van der Waals surface area (Å²) in [5.74, 6) is 0.547. The molecule has 0 N–H and O–H groups in total. The fourth-order valence-corrected chi connectivity index (χ4v) is 4.54. The maximum absolute atomic E-state index is 12.7. The van der Waals surface area contributed by atoms with E-state index in [0.29, 0.717) is 31.8 Å². The molecule has 7 nitrogen and oxygen atoms in total. The minimum absolute atomic E-state index is 0.111. The molecule has 1 saturated carbocycles. The standard InChI is InChI=1S/C15H19N5O2S/c1-19-8-14(18-10-19)23(21,22)20-6-4-12-13(5-7-20)16-9-17-15(12)11-2-3-11/h8-11H,2-7H2,1H3. The van der Waals surface area contributed by atoms with Gasteiger partial charge in [0.15, 0.2) is 5.03 Å². The lowest BCUT2D eigenvalue weighted by Gasteiger charge is -2.18. The Bertz CT molecular complexity index is 841. The van der Waals surface area contributed by atoms with Crippen molar-refractivity contribution >= 4 is 10.0 Å². The van der Waals surface area contributed by atoms with Gasteiger partial charge < -0.3 is 4.57 Å². The van der Waals surface area contributed by atoms with Crippen LogP contribution >= 0.6 is 0 Å². The largest absolute Gasteiger partial charge is 0.339 e. The van der Waals surface area contributed by atoms with Crippen molar-refractivity contribution in [3.8, 4) is 0 Å². The summed E-state index contributed by atoms with van der Waals surface area (Å²) in [6, 6.07) is 0. The molecule has 4 rings (SSSR count). The fraction of sp³-hybridized carbons (Fsp3) is 0.533. The summed E-state index contributed by atoms with van der Waals surface area (Å²) in [6.07, 6.45) is 8.34.